The summed E-state index contributed by atoms with van der Waals surface area (Å²) in [5.41, 5.74) is 0. The third kappa shape index (κ3) is 4.59. The Kier molecular flexibility index (Phi) is 5.60. The molecule has 0 saturated carbocycles. The fourth-order valence-corrected chi connectivity index (χ4v) is 1.79. The molecule has 0 radical (unpaired) electrons. The molecule has 15 heavy (non-hydrogen) atoms. The molecule has 0 aromatic heterocycles. The van der Waals surface area contributed by atoms with Crippen molar-refractivity contribution in [2.45, 2.75) is 18.9 Å². The molecule has 1 saturated heterocycles. The van der Waals surface area contributed by atoms with E-state index in [2.05, 4.69) is 4.90 Å². The molecule has 0 aliphatic carbocycles. The van der Waals surface area contributed by atoms with E-state index >= 15 is 0 Å². The predicted molar refractivity (Wildman–Crippen MR) is 54.9 cm³/mol. The molecule has 88 valence electrons. The summed E-state index contributed by atoms with van der Waals surface area (Å²) in [6, 6.07) is 0.0214. The largest absolute Gasteiger partial charge is 0.481 e. The van der Waals surface area contributed by atoms with E-state index in [1.54, 1.807) is 7.11 Å². The van der Waals surface area contributed by atoms with Crippen molar-refractivity contribution in [3.63, 3.8) is 0 Å². The zero-order valence-corrected chi connectivity index (χ0v) is 9.15. The number of methoxy groups -OCH3 is 1. The molecule has 1 N–H and O–H groups in total. The second-order valence-electron chi connectivity index (χ2n) is 3.71. The van der Waals surface area contributed by atoms with E-state index < -0.39 is 5.97 Å². The first kappa shape index (κ1) is 12.4. The van der Waals surface area contributed by atoms with Crippen molar-refractivity contribution in [2.75, 3.05) is 40.0 Å². The van der Waals surface area contributed by atoms with Crippen LogP contribution in [0.4, 0.5) is 0 Å². The van der Waals surface area contributed by atoms with E-state index in [0.717, 1.165) is 26.1 Å². The smallest absolute Gasteiger partial charge is 0.305 e. The van der Waals surface area contributed by atoms with E-state index in [0.29, 0.717) is 13.2 Å². The molecule has 1 aliphatic heterocycles. The van der Waals surface area contributed by atoms with Crippen molar-refractivity contribution in [3.8, 4) is 0 Å². The average molecular weight is 217 g/mol. The highest BCUT2D eigenvalue weighted by Crippen LogP contribution is 2.10. The predicted octanol–water partition coefficient (Wildman–Crippen LogP) is 0.198. The summed E-state index contributed by atoms with van der Waals surface area (Å²) in [4.78, 5) is 12.8. The van der Waals surface area contributed by atoms with Crippen LogP contribution in [0.15, 0.2) is 0 Å². The third-order valence-corrected chi connectivity index (χ3v) is 2.55. The van der Waals surface area contributed by atoms with Crippen molar-refractivity contribution in [2.24, 2.45) is 0 Å². The van der Waals surface area contributed by atoms with Gasteiger partial charge in [0.1, 0.15) is 0 Å². The Morgan fingerprint density at radius 1 is 1.67 bits per heavy atom. The van der Waals surface area contributed by atoms with E-state index in [4.69, 9.17) is 14.6 Å². The van der Waals surface area contributed by atoms with Crippen molar-refractivity contribution in [1.82, 2.24) is 4.90 Å². The highest BCUT2D eigenvalue weighted by Gasteiger charge is 2.24. The molecular formula is C10H19NO4. The second kappa shape index (κ2) is 6.76. The third-order valence-electron chi connectivity index (χ3n) is 2.55. The van der Waals surface area contributed by atoms with E-state index in [-0.39, 0.29) is 12.5 Å². The molecule has 0 amide bonds. The van der Waals surface area contributed by atoms with Crippen molar-refractivity contribution in [3.05, 3.63) is 0 Å². The van der Waals surface area contributed by atoms with Gasteiger partial charge < -0.3 is 14.6 Å². The maximum atomic E-state index is 10.6. The van der Waals surface area contributed by atoms with Crippen LogP contribution in [-0.2, 0) is 14.3 Å². The SMILES string of the molecule is COCCCN1CCOCC1CC(=O)O. The van der Waals surface area contributed by atoms with Gasteiger partial charge in [0.15, 0.2) is 0 Å². The van der Waals surface area contributed by atoms with Crippen molar-refractivity contribution < 1.29 is 19.4 Å². The number of hydrogen-bond donors (Lipinski definition) is 1. The Bertz CT molecular complexity index is 198. The molecule has 0 aromatic rings. The fraction of sp³-hybridized carbons (Fsp3) is 0.900. The summed E-state index contributed by atoms with van der Waals surface area (Å²) in [5.74, 6) is -0.762. The number of morpholine rings is 1. The lowest BCUT2D eigenvalue weighted by atomic mass is 10.1. The van der Waals surface area contributed by atoms with Gasteiger partial charge in [0.25, 0.3) is 0 Å². The summed E-state index contributed by atoms with van der Waals surface area (Å²) < 4.78 is 10.3. The van der Waals surface area contributed by atoms with Crippen molar-refractivity contribution >= 4 is 5.97 Å². The standard InChI is InChI=1S/C10H19NO4/c1-14-5-2-3-11-4-6-15-8-9(11)7-10(12)13/h9H,2-8H2,1H3,(H,12,13). The zero-order valence-electron chi connectivity index (χ0n) is 9.15. The number of nitrogens with zero attached hydrogens (tertiary/aromatic N) is 1. The van der Waals surface area contributed by atoms with Crippen LogP contribution in [0.2, 0.25) is 0 Å². The molecule has 0 spiro atoms. The number of carboxylic acid groups (broad SMARTS) is 1. The summed E-state index contributed by atoms with van der Waals surface area (Å²) in [6.07, 6.45) is 1.10. The number of carbonyl (C=O) groups is 1. The molecule has 0 aromatic carbocycles. The Morgan fingerprint density at radius 2 is 2.47 bits per heavy atom. The topological polar surface area (TPSA) is 59.0 Å². The first-order valence-electron chi connectivity index (χ1n) is 5.26. The quantitative estimate of drug-likeness (QED) is 0.644. The first-order chi connectivity index (χ1) is 7.24. The Balaban J connectivity index is 2.32. The lowest BCUT2D eigenvalue weighted by Gasteiger charge is -2.34. The van der Waals surface area contributed by atoms with Crippen LogP contribution in [0.1, 0.15) is 12.8 Å². The summed E-state index contributed by atoms with van der Waals surface area (Å²) in [5, 5.41) is 8.75. The number of ether oxygens (including phenoxy) is 2. The van der Waals surface area contributed by atoms with E-state index in [1.807, 2.05) is 0 Å². The van der Waals surface area contributed by atoms with Gasteiger partial charge in [-0.25, -0.2) is 0 Å². The molecular weight excluding hydrogens is 198 g/mol. The van der Waals surface area contributed by atoms with Crippen LogP contribution in [0.25, 0.3) is 0 Å². The van der Waals surface area contributed by atoms with Gasteiger partial charge in [-0.2, -0.15) is 0 Å². The highest BCUT2D eigenvalue weighted by atomic mass is 16.5. The van der Waals surface area contributed by atoms with Gasteiger partial charge in [-0.1, -0.05) is 0 Å². The number of aliphatic carboxylic acids is 1. The maximum Gasteiger partial charge on any atom is 0.305 e. The van der Waals surface area contributed by atoms with Gasteiger partial charge in [-0.3, -0.25) is 9.69 Å². The van der Waals surface area contributed by atoms with Crippen LogP contribution in [0.3, 0.4) is 0 Å². The molecule has 1 fully saturated rings. The summed E-state index contributed by atoms with van der Waals surface area (Å²) >= 11 is 0. The molecule has 1 atom stereocenters. The molecule has 1 rings (SSSR count). The summed E-state index contributed by atoms with van der Waals surface area (Å²) in [7, 11) is 1.67. The second-order valence-corrected chi connectivity index (χ2v) is 3.71. The minimum Gasteiger partial charge on any atom is -0.481 e. The molecule has 0 bridgehead atoms. The lowest BCUT2D eigenvalue weighted by molar-refractivity contribution is -0.140. The van der Waals surface area contributed by atoms with Crippen LogP contribution in [0, 0.1) is 0 Å². The molecule has 1 aliphatic rings. The summed E-state index contributed by atoms with van der Waals surface area (Å²) in [6.45, 7) is 3.65. The molecule has 5 nitrogen and oxygen atoms in total. The number of hydrogen-bond acceptors (Lipinski definition) is 4. The van der Waals surface area contributed by atoms with Gasteiger partial charge in [0.05, 0.1) is 19.6 Å². The minimum absolute atomic E-state index is 0.0214. The van der Waals surface area contributed by atoms with E-state index in [1.165, 1.54) is 0 Å². The van der Waals surface area contributed by atoms with Crippen LogP contribution in [0.5, 0.6) is 0 Å². The molecule has 1 heterocycles. The monoisotopic (exact) mass is 217 g/mol. The van der Waals surface area contributed by atoms with Gasteiger partial charge in [0.2, 0.25) is 0 Å². The lowest BCUT2D eigenvalue weighted by Crippen LogP contribution is -2.46. The number of carboxylic acids is 1. The van der Waals surface area contributed by atoms with Crippen LogP contribution < -0.4 is 0 Å². The molecule has 5 heteroatoms. The number of rotatable bonds is 6. The van der Waals surface area contributed by atoms with Gasteiger partial charge in [-0.15, -0.1) is 0 Å². The first-order valence-corrected chi connectivity index (χ1v) is 5.26. The Labute approximate surface area is 90.0 Å². The van der Waals surface area contributed by atoms with Crippen molar-refractivity contribution in [1.29, 1.82) is 0 Å². The van der Waals surface area contributed by atoms with Gasteiger partial charge in [-0.05, 0) is 6.42 Å². The van der Waals surface area contributed by atoms with Crippen LogP contribution in [-0.4, -0.2) is 62.0 Å². The Hall–Kier alpha value is -0.650. The zero-order chi connectivity index (χ0) is 11.1. The minimum atomic E-state index is -0.762. The van der Waals surface area contributed by atoms with E-state index in [9.17, 15) is 4.79 Å². The average Bonchev–Trinajstić information content (AvgIpc) is 2.20. The Morgan fingerprint density at radius 3 is 3.13 bits per heavy atom. The van der Waals surface area contributed by atoms with Crippen LogP contribution >= 0.6 is 0 Å². The molecule has 1 unspecified atom stereocenters. The van der Waals surface area contributed by atoms with Gasteiger partial charge >= 0.3 is 5.97 Å². The van der Waals surface area contributed by atoms with Gasteiger partial charge in [0, 0.05) is 32.8 Å². The maximum absolute atomic E-state index is 10.6. The normalized spacial score (nSPS) is 22.9. The highest BCUT2D eigenvalue weighted by molar-refractivity contribution is 5.67. The fourth-order valence-electron chi connectivity index (χ4n) is 1.79.